The summed E-state index contributed by atoms with van der Waals surface area (Å²) in [5, 5.41) is 9.08. The maximum Gasteiger partial charge on any atom is 0.331 e. The third-order valence-electron chi connectivity index (χ3n) is 2.66. The van der Waals surface area contributed by atoms with Gasteiger partial charge in [0.15, 0.2) is 17.3 Å². The molecular formula is C11H22N4O3. The van der Waals surface area contributed by atoms with Crippen molar-refractivity contribution in [3.8, 4) is 0 Å². The summed E-state index contributed by atoms with van der Waals surface area (Å²) >= 11 is 0. The lowest BCUT2D eigenvalue weighted by Gasteiger charge is -2.22. The van der Waals surface area contributed by atoms with E-state index in [4.69, 9.17) is 22.3 Å². The Balaban J connectivity index is 4.48. The quantitative estimate of drug-likeness (QED) is 0.191. The van der Waals surface area contributed by atoms with Gasteiger partial charge in [-0.1, -0.05) is 13.3 Å². The number of carboxylic acid groups (broad SMARTS) is 1. The van der Waals surface area contributed by atoms with Gasteiger partial charge in [-0.15, -0.1) is 0 Å². The minimum atomic E-state index is -1.83. The molecule has 1 atom stereocenters. The Morgan fingerprint density at radius 2 is 1.89 bits per heavy atom. The van der Waals surface area contributed by atoms with E-state index >= 15 is 0 Å². The van der Waals surface area contributed by atoms with Gasteiger partial charge < -0.3 is 22.3 Å². The lowest BCUT2D eigenvalue weighted by Crippen LogP contribution is -2.55. The average molecular weight is 258 g/mol. The minimum absolute atomic E-state index is 0.0294. The molecule has 0 aromatic rings. The van der Waals surface area contributed by atoms with Gasteiger partial charge in [0.1, 0.15) is 0 Å². The summed E-state index contributed by atoms with van der Waals surface area (Å²) in [6.45, 7) is 2.18. The number of ketones is 1. The Bertz CT molecular complexity index is 326. The number of hydrogen-bond acceptors (Lipinski definition) is 4. The molecule has 0 saturated carbocycles. The largest absolute Gasteiger partial charge is 0.480 e. The van der Waals surface area contributed by atoms with Crippen LogP contribution in [0.4, 0.5) is 0 Å². The second-order valence-electron chi connectivity index (χ2n) is 4.21. The third-order valence-corrected chi connectivity index (χ3v) is 2.66. The van der Waals surface area contributed by atoms with Crippen LogP contribution in [-0.2, 0) is 9.59 Å². The summed E-state index contributed by atoms with van der Waals surface area (Å²) in [5.41, 5.74) is 14.1. The van der Waals surface area contributed by atoms with Crippen LogP contribution in [0.5, 0.6) is 0 Å². The number of hydrogen-bond donors (Lipinski definition) is 4. The molecule has 0 amide bonds. The van der Waals surface area contributed by atoms with E-state index in [2.05, 4.69) is 4.99 Å². The molecule has 0 aliphatic carbocycles. The number of Topliss-reactive ketones (excluding diaryl/α,β-unsaturated/α-hetero) is 1. The molecule has 0 fully saturated rings. The Hall–Kier alpha value is -1.63. The van der Waals surface area contributed by atoms with E-state index in [-0.39, 0.29) is 25.3 Å². The second-order valence-corrected chi connectivity index (χ2v) is 4.21. The van der Waals surface area contributed by atoms with Gasteiger partial charge in [0.2, 0.25) is 0 Å². The van der Waals surface area contributed by atoms with Gasteiger partial charge >= 0.3 is 5.97 Å². The molecule has 104 valence electrons. The fourth-order valence-corrected chi connectivity index (χ4v) is 1.49. The highest BCUT2D eigenvalue weighted by Crippen LogP contribution is 2.15. The zero-order valence-corrected chi connectivity index (χ0v) is 10.7. The van der Waals surface area contributed by atoms with Crippen LogP contribution in [-0.4, -0.2) is 34.9 Å². The Kier molecular flexibility index (Phi) is 6.96. The van der Waals surface area contributed by atoms with Gasteiger partial charge in [-0.05, 0) is 19.3 Å². The predicted molar refractivity (Wildman–Crippen MR) is 69.0 cm³/mol. The van der Waals surface area contributed by atoms with Crippen molar-refractivity contribution in [2.24, 2.45) is 22.2 Å². The van der Waals surface area contributed by atoms with Crippen molar-refractivity contribution in [1.82, 2.24) is 0 Å². The number of carbonyl (C=O) groups excluding carboxylic acids is 1. The van der Waals surface area contributed by atoms with Gasteiger partial charge in [0, 0.05) is 13.0 Å². The first-order chi connectivity index (χ1) is 8.34. The molecule has 18 heavy (non-hydrogen) atoms. The molecule has 0 radical (unpaired) electrons. The fraction of sp³-hybridized carbons (Fsp3) is 0.727. The first-order valence-corrected chi connectivity index (χ1v) is 5.95. The maximum absolute atomic E-state index is 11.8. The summed E-state index contributed by atoms with van der Waals surface area (Å²) in [4.78, 5) is 26.6. The average Bonchev–Trinajstić information content (AvgIpc) is 2.30. The van der Waals surface area contributed by atoms with E-state index in [1.54, 1.807) is 0 Å². The van der Waals surface area contributed by atoms with Crippen LogP contribution < -0.4 is 17.2 Å². The molecule has 0 spiro atoms. The molecule has 0 heterocycles. The number of rotatable bonds is 9. The van der Waals surface area contributed by atoms with Crippen molar-refractivity contribution in [2.45, 2.75) is 44.6 Å². The summed E-state index contributed by atoms with van der Waals surface area (Å²) in [6, 6.07) is 0. The van der Waals surface area contributed by atoms with E-state index in [1.165, 1.54) is 0 Å². The molecule has 0 unspecified atom stereocenters. The lowest BCUT2D eigenvalue weighted by molar-refractivity contribution is -0.148. The van der Waals surface area contributed by atoms with Crippen LogP contribution >= 0.6 is 0 Å². The number of aliphatic carboxylic acids is 1. The molecule has 0 bridgehead atoms. The number of nitrogens with two attached hydrogens (primary N) is 3. The highest BCUT2D eigenvalue weighted by Gasteiger charge is 2.40. The normalized spacial score (nSPS) is 13.7. The first kappa shape index (κ1) is 16.4. The van der Waals surface area contributed by atoms with Crippen molar-refractivity contribution in [3.05, 3.63) is 0 Å². The molecule has 7 nitrogen and oxygen atoms in total. The van der Waals surface area contributed by atoms with E-state index in [0.29, 0.717) is 12.8 Å². The Morgan fingerprint density at radius 1 is 1.28 bits per heavy atom. The molecule has 0 aliphatic rings. The number of guanidine groups is 1. The number of aliphatic imine (C=N–C) groups is 1. The van der Waals surface area contributed by atoms with Gasteiger partial charge in [-0.2, -0.15) is 0 Å². The van der Waals surface area contributed by atoms with Gasteiger partial charge in [-0.25, -0.2) is 4.79 Å². The van der Waals surface area contributed by atoms with Crippen LogP contribution in [0.3, 0.4) is 0 Å². The first-order valence-electron chi connectivity index (χ1n) is 5.95. The molecule has 0 saturated heterocycles. The monoisotopic (exact) mass is 258 g/mol. The number of carboxylic acids is 1. The topological polar surface area (TPSA) is 145 Å². The van der Waals surface area contributed by atoms with E-state index in [1.807, 2.05) is 6.92 Å². The van der Waals surface area contributed by atoms with Crippen molar-refractivity contribution in [1.29, 1.82) is 0 Å². The van der Waals surface area contributed by atoms with Gasteiger partial charge in [0.05, 0.1) is 0 Å². The van der Waals surface area contributed by atoms with Crippen molar-refractivity contribution < 1.29 is 14.7 Å². The van der Waals surface area contributed by atoms with Crippen molar-refractivity contribution in [3.63, 3.8) is 0 Å². The molecule has 0 rings (SSSR count). The van der Waals surface area contributed by atoms with E-state index in [9.17, 15) is 9.59 Å². The second kappa shape index (κ2) is 7.65. The number of nitrogens with zero attached hydrogens (tertiary/aromatic N) is 1. The van der Waals surface area contributed by atoms with Crippen molar-refractivity contribution in [2.75, 3.05) is 6.54 Å². The summed E-state index contributed by atoms with van der Waals surface area (Å²) in [6.07, 6.45) is 2.01. The molecule has 0 aromatic carbocycles. The SMILES string of the molecule is CCCCC(=O)[C@](N)(CCCN=C(N)N)C(=O)O. The van der Waals surface area contributed by atoms with E-state index in [0.717, 1.165) is 6.42 Å². The van der Waals surface area contributed by atoms with Crippen molar-refractivity contribution >= 4 is 17.7 Å². The Labute approximate surface area is 106 Å². The zero-order chi connectivity index (χ0) is 14.2. The van der Waals surface area contributed by atoms with Crippen LogP contribution in [0, 0.1) is 0 Å². The summed E-state index contributed by atoms with van der Waals surface area (Å²) < 4.78 is 0. The minimum Gasteiger partial charge on any atom is -0.480 e. The smallest absolute Gasteiger partial charge is 0.331 e. The van der Waals surface area contributed by atoms with Crippen LogP contribution in [0.2, 0.25) is 0 Å². The Morgan fingerprint density at radius 3 is 2.33 bits per heavy atom. The zero-order valence-electron chi connectivity index (χ0n) is 10.7. The highest BCUT2D eigenvalue weighted by atomic mass is 16.4. The van der Waals surface area contributed by atoms with Crippen LogP contribution in [0.15, 0.2) is 4.99 Å². The molecule has 0 aromatic heterocycles. The van der Waals surface area contributed by atoms with Gasteiger partial charge in [-0.3, -0.25) is 9.79 Å². The fourth-order valence-electron chi connectivity index (χ4n) is 1.49. The standard InChI is InChI=1S/C11H22N4O3/c1-2-3-5-8(16)11(14,9(17)18)6-4-7-15-10(12)13/h2-7,14H2,1H3,(H,17,18)(H4,12,13,15)/t11-/m1/s1. The number of carbonyl (C=O) groups is 2. The lowest BCUT2D eigenvalue weighted by atomic mass is 9.87. The molecule has 7 N–H and O–H groups in total. The third kappa shape index (κ3) is 5.13. The molecule has 7 heteroatoms. The molecule has 0 aliphatic heterocycles. The predicted octanol–water partition coefficient (Wildman–Crippen LogP) is -0.419. The molecular weight excluding hydrogens is 236 g/mol. The van der Waals surface area contributed by atoms with Crippen LogP contribution in [0.25, 0.3) is 0 Å². The van der Waals surface area contributed by atoms with Crippen LogP contribution in [0.1, 0.15) is 39.0 Å². The maximum atomic E-state index is 11.8. The number of unbranched alkanes of at least 4 members (excludes halogenated alkanes) is 1. The van der Waals surface area contributed by atoms with Gasteiger partial charge in [0.25, 0.3) is 0 Å². The highest BCUT2D eigenvalue weighted by molar-refractivity contribution is 6.07. The summed E-state index contributed by atoms with van der Waals surface area (Å²) in [7, 11) is 0. The van der Waals surface area contributed by atoms with E-state index < -0.39 is 17.3 Å². The summed E-state index contributed by atoms with van der Waals surface area (Å²) in [5.74, 6) is -1.81.